The van der Waals surface area contributed by atoms with Crippen LogP contribution in [0.1, 0.15) is 12.2 Å². The number of hydrogen-bond acceptors (Lipinski definition) is 5. The second-order valence-electron chi connectivity index (χ2n) is 4.46. The van der Waals surface area contributed by atoms with Gasteiger partial charge in [-0.2, -0.15) is 5.10 Å². The number of hydrogen-bond donors (Lipinski definition) is 2. The van der Waals surface area contributed by atoms with E-state index in [1.165, 1.54) is 6.42 Å². The highest BCUT2D eigenvalue weighted by Gasteiger charge is 2.12. The van der Waals surface area contributed by atoms with E-state index in [1.54, 1.807) is 11.3 Å². The summed E-state index contributed by atoms with van der Waals surface area (Å²) in [5.74, 6) is 1.77. The predicted octanol–water partition coefficient (Wildman–Crippen LogP) is 1.33. The molecule has 3 heterocycles. The molecule has 6 heteroatoms. The molecule has 0 saturated carbocycles. The SMILES string of the molecule is c1csc(-c2n[nH]c(CN3CCCNCC3)n2)c1. The number of H-pyrrole nitrogens is 1. The van der Waals surface area contributed by atoms with Crippen molar-refractivity contribution in [3.05, 3.63) is 23.3 Å². The van der Waals surface area contributed by atoms with Crippen LogP contribution in [-0.2, 0) is 6.54 Å². The van der Waals surface area contributed by atoms with Gasteiger partial charge in [0.2, 0.25) is 0 Å². The minimum absolute atomic E-state index is 0.813. The second-order valence-corrected chi connectivity index (χ2v) is 5.41. The topological polar surface area (TPSA) is 56.8 Å². The molecule has 0 amide bonds. The van der Waals surface area contributed by atoms with Crippen LogP contribution in [0.25, 0.3) is 10.7 Å². The number of nitrogens with zero attached hydrogens (tertiary/aromatic N) is 3. The Hall–Kier alpha value is -1.24. The van der Waals surface area contributed by atoms with Crippen molar-refractivity contribution >= 4 is 11.3 Å². The van der Waals surface area contributed by atoms with Gasteiger partial charge < -0.3 is 5.32 Å². The summed E-state index contributed by atoms with van der Waals surface area (Å²) in [7, 11) is 0. The maximum atomic E-state index is 4.56. The normalized spacial score (nSPS) is 17.8. The van der Waals surface area contributed by atoms with E-state index in [9.17, 15) is 0 Å². The molecule has 0 unspecified atom stereocenters. The highest BCUT2D eigenvalue weighted by Crippen LogP contribution is 2.20. The first-order chi connectivity index (χ1) is 8.92. The van der Waals surface area contributed by atoms with Gasteiger partial charge in [-0.15, -0.1) is 11.3 Å². The number of aromatic nitrogens is 3. The first kappa shape index (κ1) is 11.8. The highest BCUT2D eigenvalue weighted by atomic mass is 32.1. The summed E-state index contributed by atoms with van der Waals surface area (Å²) in [5.41, 5.74) is 0. The Labute approximate surface area is 110 Å². The molecule has 1 fully saturated rings. The summed E-state index contributed by atoms with van der Waals surface area (Å²) in [6.07, 6.45) is 1.20. The van der Waals surface area contributed by atoms with E-state index in [-0.39, 0.29) is 0 Å². The van der Waals surface area contributed by atoms with Gasteiger partial charge in [-0.3, -0.25) is 10.00 Å². The molecule has 18 heavy (non-hydrogen) atoms. The molecule has 0 radical (unpaired) electrons. The molecule has 2 aromatic heterocycles. The van der Waals surface area contributed by atoms with E-state index < -0.39 is 0 Å². The Kier molecular flexibility index (Phi) is 3.68. The lowest BCUT2D eigenvalue weighted by Gasteiger charge is -2.17. The Morgan fingerprint density at radius 2 is 2.33 bits per heavy atom. The third-order valence-corrected chi connectivity index (χ3v) is 3.95. The monoisotopic (exact) mass is 263 g/mol. The summed E-state index contributed by atoms with van der Waals surface area (Å²) in [6, 6.07) is 4.07. The summed E-state index contributed by atoms with van der Waals surface area (Å²) >= 11 is 1.67. The standard InChI is InChI=1S/C12H17N5S/c1-3-10(18-8-1)12-14-11(15-16-12)9-17-6-2-4-13-5-7-17/h1,3,8,13H,2,4-7,9H2,(H,14,15,16). The average Bonchev–Trinajstić information content (AvgIpc) is 2.98. The maximum Gasteiger partial charge on any atom is 0.191 e. The molecular weight excluding hydrogens is 246 g/mol. The Morgan fingerprint density at radius 1 is 1.33 bits per heavy atom. The molecule has 96 valence electrons. The van der Waals surface area contributed by atoms with Crippen LogP contribution < -0.4 is 5.32 Å². The molecule has 5 nitrogen and oxygen atoms in total. The lowest BCUT2D eigenvalue weighted by molar-refractivity contribution is 0.277. The van der Waals surface area contributed by atoms with Gasteiger partial charge in [0.05, 0.1) is 11.4 Å². The van der Waals surface area contributed by atoms with Crippen molar-refractivity contribution in [3.63, 3.8) is 0 Å². The Balaban J connectivity index is 1.66. The fourth-order valence-corrected chi connectivity index (χ4v) is 2.81. The van der Waals surface area contributed by atoms with Crippen LogP contribution in [0.3, 0.4) is 0 Å². The highest BCUT2D eigenvalue weighted by molar-refractivity contribution is 7.13. The zero-order valence-corrected chi connectivity index (χ0v) is 11.0. The quantitative estimate of drug-likeness (QED) is 0.877. The zero-order chi connectivity index (χ0) is 12.2. The third kappa shape index (κ3) is 2.77. The van der Waals surface area contributed by atoms with Crippen LogP contribution >= 0.6 is 11.3 Å². The van der Waals surface area contributed by atoms with Crippen molar-refractivity contribution in [3.8, 4) is 10.7 Å². The van der Waals surface area contributed by atoms with Crippen molar-refractivity contribution in [1.82, 2.24) is 25.4 Å². The van der Waals surface area contributed by atoms with Crippen molar-refractivity contribution in [1.29, 1.82) is 0 Å². The average molecular weight is 263 g/mol. The molecule has 2 aromatic rings. The summed E-state index contributed by atoms with van der Waals surface area (Å²) in [6.45, 7) is 5.25. The number of thiophene rings is 1. The molecule has 0 atom stereocenters. The molecule has 1 saturated heterocycles. The molecule has 0 aliphatic carbocycles. The lowest BCUT2D eigenvalue weighted by Crippen LogP contribution is -2.28. The van der Waals surface area contributed by atoms with E-state index in [1.807, 2.05) is 17.5 Å². The second kappa shape index (κ2) is 5.60. The van der Waals surface area contributed by atoms with Crippen molar-refractivity contribution in [2.75, 3.05) is 26.2 Å². The molecule has 1 aliphatic rings. The van der Waals surface area contributed by atoms with Gasteiger partial charge in [0.15, 0.2) is 5.82 Å². The van der Waals surface area contributed by atoms with E-state index in [2.05, 4.69) is 25.4 Å². The number of aromatic amines is 1. The van der Waals surface area contributed by atoms with Crippen LogP contribution in [0.2, 0.25) is 0 Å². The van der Waals surface area contributed by atoms with Crippen molar-refractivity contribution in [2.24, 2.45) is 0 Å². The third-order valence-electron chi connectivity index (χ3n) is 3.08. The molecule has 0 aromatic carbocycles. The lowest BCUT2D eigenvalue weighted by atomic mass is 10.4. The maximum absolute atomic E-state index is 4.56. The van der Waals surface area contributed by atoms with Crippen LogP contribution in [0.5, 0.6) is 0 Å². The van der Waals surface area contributed by atoms with E-state index >= 15 is 0 Å². The fourth-order valence-electron chi connectivity index (χ4n) is 2.15. The Morgan fingerprint density at radius 3 is 3.22 bits per heavy atom. The molecule has 3 rings (SSSR count). The first-order valence-corrected chi connectivity index (χ1v) is 7.18. The summed E-state index contributed by atoms with van der Waals surface area (Å²) in [5, 5.41) is 12.8. The van der Waals surface area contributed by atoms with Crippen molar-refractivity contribution < 1.29 is 0 Å². The molecular formula is C12H17N5S. The molecule has 0 spiro atoms. The van der Waals surface area contributed by atoms with Crippen LogP contribution in [0, 0.1) is 0 Å². The van der Waals surface area contributed by atoms with Gasteiger partial charge in [-0.25, -0.2) is 4.98 Å². The van der Waals surface area contributed by atoms with Gasteiger partial charge >= 0.3 is 0 Å². The summed E-state index contributed by atoms with van der Waals surface area (Å²) in [4.78, 5) is 8.09. The van der Waals surface area contributed by atoms with Gasteiger partial charge in [0.1, 0.15) is 5.82 Å². The number of nitrogens with one attached hydrogen (secondary N) is 2. The molecule has 1 aliphatic heterocycles. The van der Waals surface area contributed by atoms with Gasteiger partial charge in [0.25, 0.3) is 0 Å². The Bertz CT molecular complexity index is 470. The van der Waals surface area contributed by atoms with E-state index in [0.29, 0.717) is 0 Å². The van der Waals surface area contributed by atoms with Gasteiger partial charge in [-0.05, 0) is 31.0 Å². The fraction of sp³-hybridized carbons (Fsp3) is 0.500. The first-order valence-electron chi connectivity index (χ1n) is 6.30. The van der Waals surface area contributed by atoms with E-state index in [4.69, 9.17) is 0 Å². The summed E-state index contributed by atoms with van der Waals surface area (Å²) < 4.78 is 0. The molecule has 0 bridgehead atoms. The molecule has 2 N–H and O–H groups in total. The minimum Gasteiger partial charge on any atom is -0.315 e. The predicted molar refractivity (Wildman–Crippen MR) is 72.5 cm³/mol. The zero-order valence-electron chi connectivity index (χ0n) is 10.2. The smallest absolute Gasteiger partial charge is 0.191 e. The van der Waals surface area contributed by atoms with Crippen LogP contribution in [-0.4, -0.2) is 46.3 Å². The largest absolute Gasteiger partial charge is 0.315 e. The van der Waals surface area contributed by atoms with Crippen LogP contribution in [0.15, 0.2) is 17.5 Å². The van der Waals surface area contributed by atoms with Crippen LogP contribution in [0.4, 0.5) is 0 Å². The van der Waals surface area contributed by atoms with Gasteiger partial charge in [-0.1, -0.05) is 6.07 Å². The minimum atomic E-state index is 0.813. The van der Waals surface area contributed by atoms with Crippen molar-refractivity contribution in [2.45, 2.75) is 13.0 Å². The van der Waals surface area contributed by atoms with Gasteiger partial charge in [0, 0.05) is 13.1 Å². The van der Waals surface area contributed by atoms with E-state index in [0.717, 1.165) is 49.2 Å². The number of rotatable bonds is 3.